The van der Waals surface area contributed by atoms with Crippen LogP contribution in [-0.2, 0) is 0 Å². The van der Waals surface area contributed by atoms with Gasteiger partial charge in [-0.2, -0.15) is 0 Å². The summed E-state index contributed by atoms with van der Waals surface area (Å²) in [7, 11) is 0. The van der Waals surface area contributed by atoms with Crippen LogP contribution >= 0.6 is 11.6 Å². The Kier molecular flexibility index (Phi) is 6.30. The maximum Gasteiger partial charge on any atom is 0.0260 e. The van der Waals surface area contributed by atoms with Crippen molar-refractivity contribution in [1.29, 1.82) is 0 Å². The first-order valence-electron chi connectivity index (χ1n) is 7.30. The molecular formula is C20H21Cl. The van der Waals surface area contributed by atoms with Gasteiger partial charge in [0.15, 0.2) is 0 Å². The molecule has 1 heteroatoms. The molecule has 0 N–H and O–H groups in total. The molecule has 0 fully saturated rings. The number of hydrogen-bond donors (Lipinski definition) is 0. The van der Waals surface area contributed by atoms with Crippen molar-refractivity contribution in [2.75, 3.05) is 5.88 Å². The van der Waals surface area contributed by atoms with E-state index >= 15 is 0 Å². The highest BCUT2D eigenvalue weighted by molar-refractivity contribution is 6.17. The van der Waals surface area contributed by atoms with Crippen molar-refractivity contribution in [3.8, 4) is 0 Å². The van der Waals surface area contributed by atoms with Crippen molar-refractivity contribution in [3.05, 3.63) is 90.0 Å². The van der Waals surface area contributed by atoms with E-state index in [2.05, 4.69) is 73.3 Å². The summed E-state index contributed by atoms with van der Waals surface area (Å²) in [6, 6.07) is 21.0. The highest BCUT2D eigenvalue weighted by Crippen LogP contribution is 2.26. The van der Waals surface area contributed by atoms with Gasteiger partial charge in [0.2, 0.25) is 0 Å². The first kappa shape index (κ1) is 15.6. The first-order chi connectivity index (χ1) is 10.3. The van der Waals surface area contributed by atoms with Crippen molar-refractivity contribution in [2.24, 2.45) is 0 Å². The molecule has 108 valence electrons. The second-order valence-electron chi connectivity index (χ2n) is 5.18. The van der Waals surface area contributed by atoms with Crippen LogP contribution in [0.15, 0.2) is 78.9 Å². The van der Waals surface area contributed by atoms with Gasteiger partial charge in [-0.05, 0) is 24.0 Å². The normalized spacial score (nSPS) is 12.4. The monoisotopic (exact) mass is 296 g/mol. The number of rotatable bonds is 7. The van der Waals surface area contributed by atoms with E-state index in [1.165, 1.54) is 16.7 Å². The fraction of sp³-hybridized carbons (Fsp3) is 0.200. The predicted molar refractivity (Wildman–Crippen MR) is 93.8 cm³/mol. The molecule has 2 aromatic rings. The standard InChI is InChI=1S/C20H21Cl/c1-17(14-15-21)16-20(19-10-6-3-7-11-19)13-12-18-8-4-2-5-9-18/h2-13,20H,1,14-16H2/b13-12+. The Morgan fingerprint density at radius 2 is 1.62 bits per heavy atom. The highest BCUT2D eigenvalue weighted by Gasteiger charge is 2.09. The lowest BCUT2D eigenvalue weighted by atomic mass is 9.90. The van der Waals surface area contributed by atoms with Crippen molar-refractivity contribution in [1.82, 2.24) is 0 Å². The molecule has 2 aromatic carbocycles. The van der Waals surface area contributed by atoms with Crippen LogP contribution in [0.1, 0.15) is 29.9 Å². The summed E-state index contributed by atoms with van der Waals surface area (Å²) in [5, 5.41) is 0. The van der Waals surface area contributed by atoms with E-state index in [0.717, 1.165) is 12.8 Å². The Labute approximate surface area is 132 Å². The van der Waals surface area contributed by atoms with Gasteiger partial charge in [0, 0.05) is 11.8 Å². The molecule has 1 unspecified atom stereocenters. The molecule has 0 radical (unpaired) electrons. The van der Waals surface area contributed by atoms with Crippen LogP contribution in [0, 0.1) is 0 Å². The van der Waals surface area contributed by atoms with Gasteiger partial charge in [-0.3, -0.25) is 0 Å². The fourth-order valence-electron chi connectivity index (χ4n) is 2.34. The predicted octanol–water partition coefficient (Wildman–Crippen LogP) is 6.06. The molecule has 0 nitrogen and oxygen atoms in total. The van der Waals surface area contributed by atoms with Crippen LogP contribution < -0.4 is 0 Å². The van der Waals surface area contributed by atoms with Crippen LogP contribution in [0.2, 0.25) is 0 Å². The highest BCUT2D eigenvalue weighted by atomic mass is 35.5. The summed E-state index contributed by atoms with van der Waals surface area (Å²) in [5.74, 6) is 0.991. The zero-order valence-corrected chi connectivity index (χ0v) is 13.0. The smallest absolute Gasteiger partial charge is 0.0260 e. The van der Waals surface area contributed by atoms with Crippen LogP contribution in [0.3, 0.4) is 0 Å². The van der Waals surface area contributed by atoms with E-state index < -0.39 is 0 Å². The Bertz CT molecular complexity index is 569. The number of alkyl halides is 1. The van der Waals surface area contributed by atoms with Crippen molar-refractivity contribution in [3.63, 3.8) is 0 Å². The van der Waals surface area contributed by atoms with Crippen LogP contribution in [0.25, 0.3) is 6.08 Å². The molecule has 2 rings (SSSR count). The van der Waals surface area contributed by atoms with Crippen LogP contribution in [0.5, 0.6) is 0 Å². The third-order valence-corrected chi connectivity index (χ3v) is 3.69. The van der Waals surface area contributed by atoms with E-state index in [9.17, 15) is 0 Å². The lowest BCUT2D eigenvalue weighted by molar-refractivity contribution is 0.802. The number of benzene rings is 2. The van der Waals surface area contributed by atoms with Gasteiger partial charge in [-0.25, -0.2) is 0 Å². The van der Waals surface area contributed by atoms with E-state index in [1.54, 1.807) is 0 Å². The summed E-state index contributed by atoms with van der Waals surface area (Å²) >= 11 is 5.82. The van der Waals surface area contributed by atoms with E-state index in [-0.39, 0.29) is 0 Å². The minimum Gasteiger partial charge on any atom is -0.126 e. The Hall–Kier alpha value is -1.79. The van der Waals surface area contributed by atoms with Crippen LogP contribution in [0.4, 0.5) is 0 Å². The fourth-order valence-corrected chi connectivity index (χ4v) is 2.60. The van der Waals surface area contributed by atoms with Crippen molar-refractivity contribution < 1.29 is 0 Å². The third kappa shape index (κ3) is 5.24. The van der Waals surface area contributed by atoms with Gasteiger partial charge in [-0.15, -0.1) is 11.6 Å². The Balaban J connectivity index is 2.16. The Morgan fingerprint density at radius 3 is 2.24 bits per heavy atom. The average molecular weight is 297 g/mol. The third-order valence-electron chi connectivity index (χ3n) is 3.50. The van der Waals surface area contributed by atoms with Gasteiger partial charge in [0.25, 0.3) is 0 Å². The minimum absolute atomic E-state index is 0.349. The second kappa shape index (κ2) is 8.49. The summed E-state index contributed by atoms with van der Waals surface area (Å²) in [6.45, 7) is 4.15. The Morgan fingerprint density at radius 1 is 1.00 bits per heavy atom. The molecule has 0 saturated carbocycles. The second-order valence-corrected chi connectivity index (χ2v) is 5.56. The largest absolute Gasteiger partial charge is 0.126 e. The number of halogens is 1. The topological polar surface area (TPSA) is 0 Å². The molecule has 0 amide bonds. The van der Waals surface area contributed by atoms with Gasteiger partial charge in [0.1, 0.15) is 0 Å². The molecule has 0 spiro atoms. The molecule has 0 aliphatic rings. The molecule has 0 aliphatic heterocycles. The quantitative estimate of drug-likeness (QED) is 0.430. The SMILES string of the molecule is C=C(CCCl)CC(/C=C/c1ccccc1)c1ccccc1. The molecule has 0 saturated heterocycles. The number of hydrogen-bond acceptors (Lipinski definition) is 0. The van der Waals surface area contributed by atoms with E-state index in [1.807, 2.05) is 6.07 Å². The number of allylic oxidation sites excluding steroid dienone is 2. The van der Waals surface area contributed by atoms with Gasteiger partial charge in [0.05, 0.1) is 0 Å². The maximum absolute atomic E-state index is 5.82. The van der Waals surface area contributed by atoms with Gasteiger partial charge >= 0.3 is 0 Å². The van der Waals surface area contributed by atoms with E-state index in [4.69, 9.17) is 11.6 Å². The molecule has 0 aliphatic carbocycles. The zero-order valence-electron chi connectivity index (χ0n) is 12.2. The van der Waals surface area contributed by atoms with E-state index in [0.29, 0.717) is 11.8 Å². The molecule has 21 heavy (non-hydrogen) atoms. The molecule has 0 heterocycles. The zero-order chi connectivity index (χ0) is 14.9. The lowest BCUT2D eigenvalue weighted by Gasteiger charge is -2.15. The summed E-state index contributed by atoms with van der Waals surface area (Å²) < 4.78 is 0. The maximum atomic E-state index is 5.82. The average Bonchev–Trinajstić information content (AvgIpc) is 2.53. The molecule has 0 aromatic heterocycles. The minimum atomic E-state index is 0.349. The van der Waals surface area contributed by atoms with Gasteiger partial charge in [-0.1, -0.05) is 85.0 Å². The first-order valence-corrected chi connectivity index (χ1v) is 7.84. The summed E-state index contributed by atoms with van der Waals surface area (Å²) in [5.41, 5.74) is 3.75. The van der Waals surface area contributed by atoms with Crippen molar-refractivity contribution >= 4 is 17.7 Å². The molecule has 1 atom stereocenters. The van der Waals surface area contributed by atoms with Crippen molar-refractivity contribution in [2.45, 2.75) is 18.8 Å². The van der Waals surface area contributed by atoms with Gasteiger partial charge < -0.3 is 0 Å². The summed E-state index contributed by atoms with van der Waals surface area (Å²) in [4.78, 5) is 0. The lowest BCUT2D eigenvalue weighted by Crippen LogP contribution is -1.98. The summed E-state index contributed by atoms with van der Waals surface area (Å²) in [6.07, 6.45) is 6.28. The molecule has 0 bridgehead atoms. The molecular weight excluding hydrogens is 276 g/mol. The van der Waals surface area contributed by atoms with Crippen LogP contribution in [-0.4, -0.2) is 5.88 Å².